The second-order valence-electron chi connectivity index (χ2n) is 6.56. The van der Waals surface area contributed by atoms with E-state index in [1.807, 2.05) is 0 Å². The Balaban J connectivity index is 1.84. The number of alkyl halides is 3. The minimum absolute atomic E-state index is 0.0225. The number of pyridine rings is 1. The number of aliphatic imine (C=N–C) groups is 1. The number of hydrogen-bond acceptors (Lipinski definition) is 4. The summed E-state index contributed by atoms with van der Waals surface area (Å²) in [4.78, 5) is 10.6. The highest BCUT2D eigenvalue weighted by Gasteiger charge is 2.29. The van der Waals surface area contributed by atoms with Gasteiger partial charge in [0.25, 0.3) is 0 Å². The molecule has 1 aliphatic rings. The third-order valence-corrected chi connectivity index (χ3v) is 4.36. The Morgan fingerprint density at radius 3 is 2.74 bits per heavy atom. The van der Waals surface area contributed by atoms with Crippen molar-refractivity contribution < 1.29 is 17.9 Å². The molecule has 1 aromatic heterocycles. The predicted molar refractivity (Wildman–Crippen MR) is 98.9 cm³/mol. The summed E-state index contributed by atoms with van der Waals surface area (Å²) >= 11 is 0. The van der Waals surface area contributed by atoms with E-state index in [2.05, 4.69) is 32.4 Å². The van der Waals surface area contributed by atoms with Gasteiger partial charge < -0.3 is 20.3 Å². The number of hydrogen-bond donors (Lipinski definition) is 2. The van der Waals surface area contributed by atoms with Gasteiger partial charge in [-0.1, -0.05) is 13.0 Å². The number of nitrogens with one attached hydrogen (secondary N) is 2. The summed E-state index contributed by atoms with van der Waals surface area (Å²) in [5.74, 6) is 0.597. The van der Waals surface area contributed by atoms with Crippen molar-refractivity contribution in [2.24, 2.45) is 4.99 Å². The lowest BCUT2D eigenvalue weighted by Gasteiger charge is -2.32. The van der Waals surface area contributed by atoms with Crippen LogP contribution in [0.5, 0.6) is 5.88 Å². The first-order valence-corrected chi connectivity index (χ1v) is 9.24. The third-order valence-electron chi connectivity index (χ3n) is 4.36. The van der Waals surface area contributed by atoms with E-state index in [1.165, 1.54) is 6.20 Å². The Hall–Kier alpha value is -2.03. The van der Waals surface area contributed by atoms with Crippen molar-refractivity contribution in [1.82, 2.24) is 20.5 Å². The van der Waals surface area contributed by atoms with Crippen LogP contribution < -0.4 is 15.4 Å². The van der Waals surface area contributed by atoms with Crippen molar-refractivity contribution in [2.75, 3.05) is 33.3 Å². The number of likely N-dealkylation sites (tertiary alicyclic amines) is 1. The first kappa shape index (κ1) is 21.3. The van der Waals surface area contributed by atoms with E-state index in [0.29, 0.717) is 17.6 Å². The fourth-order valence-electron chi connectivity index (χ4n) is 3.02. The largest absolute Gasteiger partial charge is 0.468 e. The van der Waals surface area contributed by atoms with E-state index in [4.69, 9.17) is 4.74 Å². The van der Waals surface area contributed by atoms with Gasteiger partial charge in [0.2, 0.25) is 5.88 Å². The van der Waals surface area contributed by atoms with E-state index >= 15 is 0 Å². The van der Waals surface area contributed by atoms with Crippen molar-refractivity contribution in [3.8, 4) is 5.88 Å². The zero-order valence-corrected chi connectivity index (χ0v) is 15.9. The first-order valence-electron chi connectivity index (χ1n) is 9.24. The van der Waals surface area contributed by atoms with Crippen molar-refractivity contribution >= 4 is 5.96 Å². The van der Waals surface area contributed by atoms with E-state index < -0.39 is 12.8 Å². The molecule has 0 aromatic carbocycles. The molecule has 0 aliphatic carbocycles. The van der Waals surface area contributed by atoms with E-state index in [-0.39, 0.29) is 12.4 Å². The van der Waals surface area contributed by atoms with Gasteiger partial charge >= 0.3 is 6.18 Å². The molecule has 1 aromatic rings. The molecule has 0 atom stereocenters. The Kier molecular flexibility index (Phi) is 8.15. The predicted octanol–water partition coefficient (Wildman–Crippen LogP) is 2.56. The fourth-order valence-corrected chi connectivity index (χ4v) is 3.02. The minimum Gasteiger partial charge on any atom is -0.468 e. The number of guanidine groups is 1. The fraction of sp³-hybridized carbons (Fsp3) is 0.667. The molecule has 0 radical (unpaired) electrons. The molecule has 6 nitrogen and oxygen atoms in total. The summed E-state index contributed by atoms with van der Waals surface area (Å²) < 4.78 is 41.9. The highest BCUT2D eigenvalue weighted by atomic mass is 19.4. The molecule has 2 N–H and O–H groups in total. The van der Waals surface area contributed by atoms with Gasteiger partial charge in [0.15, 0.2) is 12.6 Å². The van der Waals surface area contributed by atoms with Crippen LogP contribution in [0, 0.1) is 0 Å². The van der Waals surface area contributed by atoms with E-state index in [9.17, 15) is 13.2 Å². The molecule has 1 saturated heterocycles. The molecule has 0 saturated carbocycles. The Morgan fingerprint density at radius 1 is 1.37 bits per heavy atom. The zero-order valence-electron chi connectivity index (χ0n) is 15.9. The second-order valence-corrected chi connectivity index (χ2v) is 6.56. The molecule has 1 aliphatic heterocycles. The maximum absolute atomic E-state index is 12.4. The summed E-state index contributed by atoms with van der Waals surface area (Å²) in [5, 5.41) is 6.52. The van der Waals surface area contributed by atoms with Crippen LogP contribution in [0.4, 0.5) is 13.2 Å². The highest BCUT2D eigenvalue weighted by molar-refractivity contribution is 5.80. The molecule has 1 fully saturated rings. The van der Waals surface area contributed by atoms with Crippen LogP contribution in [0.15, 0.2) is 23.3 Å². The Labute approximate surface area is 158 Å². The lowest BCUT2D eigenvalue weighted by molar-refractivity contribution is -0.154. The molecule has 0 spiro atoms. The highest BCUT2D eigenvalue weighted by Crippen LogP contribution is 2.20. The first-order chi connectivity index (χ1) is 12.9. The van der Waals surface area contributed by atoms with E-state index in [1.54, 1.807) is 19.2 Å². The summed E-state index contributed by atoms with van der Waals surface area (Å²) in [5.41, 5.74) is 0.544. The van der Waals surface area contributed by atoms with Gasteiger partial charge in [-0.3, -0.25) is 4.99 Å². The van der Waals surface area contributed by atoms with E-state index in [0.717, 1.165) is 38.9 Å². The van der Waals surface area contributed by atoms with Gasteiger partial charge in [-0.05, 0) is 31.9 Å². The molecule has 9 heteroatoms. The monoisotopic (exact) mass is 387 g/mol. The lowest BCUT2D eigenvalue weighted by Crippen LogP contribution is -2.48. The summed E-state index contributed by atoms with van der Waals surface area (Å²) in [6.07, 6.45) is 0.241. The molecule has 2 heterocycles. The average Bonchev–Trinajstić information content (AvgIpc) is 2.65. The Morgan fingerprint density at radius 2 is 2.11 bits per heavy atom. The van der Waals surface area contributed by atoms with Crippen LogP contribution >= 0.6 is 0 Å². The average molecular weight is 387 g/mol. The van der Waals surface area contributed by atoms with Gasteiger partial charge in [-0.15, -0.1) is 0 Å². The normalized spacial score (nSPS) is 17.0. The van der Waals surface area contributed by atoms with Gasteiger partial charge in [0.05, 0.1) is 0 Å². The van der Waals surface area contributed by atoms with Gasteiger partial charge in [0.1, 0.15) is 0 Å². The molecular weight excluding hydrogens is 359 g/mol. The standard InChI is InChI=1S/C18H28F3N5O/c1-3-9-26-10-6-15(7-11-26)25-17(22-2)24-12-14-5-4-8-23-16(14)27-13-18(19,20)21/h4-5,8,15H,3,6-7,9-13H2,1-2H3,(H2,22,24,25). The Bertz CT molecular complexity index is 601. The van der Waals surface area contributed by atoms with Crippen LogP contribution in [-0.4, -0.2) is 61.4 Å². The van der Waals surface area contributed by atoms with Gasteiger partial charge in [-0.25, -0.2) is 4.98 Å². The quantitative estimate of drug-likeness (QED) is 0.556. The topological polar surface area (TPSA) is 61.8 Å². The third kappa shape index (κ3) is 7.62. The molecule has 2 rings (SSSR count). The number of aromatic nitrogens is 1. The smallest absolute Gasteiger partial charge is 0.422 e. The minimum atomic E-state index is -4.40. The van der Waals surface area contributed by atoms with Crippen LogP contribution in [-0.2, 0) is 6.54 Å². The van der Waals surface area contributed by atoms with Gasteiger partial charge in [-0.2, -0.15) is 13.2 Å². The number of halogens is 3. The number of ether oxygens (including phenoxy) is 1. The van der Waals surface area contributed by atoms with Crippen LogP contribution in [0.1, 0.15) is 31.7 Å². The zero-order chi connectivity index (χ0) is 19.7. The second kappa shape index (κ2) is 10.3. The van der Waals surface area contributed by atoms with Crippen molar-refractivity contribution in [1.29, 1.82) is 0 Å². The molecule has 0 amide bonds. The maximum Gasteiger partial charge on any atom is 0.422 e. The van der Waals surface area contributed by atoms with Gasteiger partial charge in [0, 0.05) is 44.5 Å². The lowest BCUT2D eigenvalue weighted by atomic mass is 10.1. The van der Waals surface area contributed by atoms with Crippen molar-refractivity contribution in [3.05, 3.63) is 23.9 Å². The summed E-state index contributed by atoms with van der Waals surface area (Å²) in [7, 11) is 1.67. The molecule has 152 valence electrons. The summed E-state index contributed by atoms with van der Waals surface area (Å²) in [6, 6.07) is 3.68. The summed E-state index contributed by atoms with van der Waals surface area (Å²) in [6.45, 7) is 4.33. The van der Waals surface area contributed by atoms with Crippen LogP contribution in [0.3, 0.4) is 0 Å². The number of rotatable bonds is 7. The SMILES string of the molecule is CCCN1CCC(NC(=NC)NCc2cccnc2OCC(F)(F)F)CC1. The molecule has 27 heavy (non-hydrogen) atoms. The number of nitrogens with zero attached hydrogens (tertiary/aromatic N) is 3. The maximum atomic E-state index is 12.4. The number of piperidine rings is 1. The van der Waals surface area contributed by atoms with Crippen LogP contribution in [0.2, 0.25) is 0 Å². The van der Waals surface area contributed by atoms with Crippen LogP contribution in [0.25, 0.3) is 0 Å². The molecule has 0 bridgehead atoms. The molecule has 0 unspecified atom stereocenters. The molecular formula is C18H28F3N5O. The van der Waals surface area contributed by atoms with Crippen molar-refractivity contribution in [2.45, 2.75) is 44.9 Å². The van der Waals surface area contributed by atoms with Crippen molar-refractivity contribution in [3.63, 3.8) is 0 Å².